The van der Waals surface area contributed by atoms with E-state index in [-0.39, 0.29) is 6.42 Å². The average molecular weight is 320 g/mol. The number of carboxylic acid groups (broad SMARTS) is 1. The second-order valence-electron chi connectivity index (χ2n) is 6.18. The van der Waals surface area contributed by atoms with Crippen molar-refractivity contribution >= 4 is 5.97 Å². The van der Waals surface area contributed by atoms with Crippen LogP contribution in [0.15, 0.2) is 24.3 Å². The maximum Gasteiger partial charge on any atom is 0.303 e. The van der Waals surface area contributed by atoms with E-state index in [4.69, 9.17) is 9.84 Å². The molecule has 0 radical (unpaired) electrons. The first kappa shape index (κ1) is 19.5. The molecular formula is C20H32O3. The van der Waals surface area contributed by atoms with Crippen molar-refractivity contribution in [2.75, 3.05) is 6.61 Å². The van der Waals surface area contributed by atoms with Crippen molar-refractivity contribution in [3.63, 3.8) is 0 Å². The number of rotatable bonds is 14. The van der Waals surface area contributed by atoms with Gasteiger partial charge in [-0.15, -0.1) is 0 Å². The molecule has 0 aliphatic rings. The van der Waals surface area contributed by atoms with Crippen molar-refractivity contribution in [1.29, 1.82) is 0 Å². The molecule has 0 aromatic heterocycles. The van der Waals surface area contributed by atoms with Gasteiger partial charge >= 0.3 is 5.97 Å². The Bertz CT molecular complexity index is 429. The molecule has 0 saturated carbocycles. The van der Waals surface area contributed by atoms with Crippen LogP contribution < -0.4 is 4.74 Å². The molecule has 1 N–H and O–H groups in total. The van der Waals surface area contributed by atoms with Crippen molar-refractivity contribution in [1.82, 2.24) is 0 Å². The van der Waals surface area contributed by atoms with Crippen LogP contribution in [0.2, 0.25) is 0 Å². The van der Waals surface area contributed by atoms with Crippen molar-refractivity contribution in [2.45, 2.75) is 77.6 Å². The minimum absolute atomic E-state index is 0.151. The molecule has 0 unspecified atom stereocenters. The predicted molar refractivity (Wildman–Crippen MR) is 95.1 cm³/mol. The smallest absolute Gasteiger partial charge is 0.303 e. The maximum absolute atomic E-state index is 10.7. The molecule has 0 aliphatic heterocycles. The van der Waals surface area contributed by atoms with Crippen LogP contribution in [-0.4, -0.2) is 17.7 Å². The topological polar surface area (TPSA) is 46.5 Å². The number of carbonyl (C=O) groups is 1. The van der Waals surface area contributed by atoms with Gasteiger partial charge in [0.1, 0.15) is 5.75 Å². The van der Waals surface area contributed by atoms with E-state index in [0.717, 1.165) is 24.3 Å². The van der Waals surface area contributed by atoms with E-state index in [1.54, 1.807) is 0 Å². The highest BCUT2D eigenvalue weighted by Gasteiger charge is 2.05. The van der Waals surface area contributed by atoms with E-state index >= 15 is 0 Å². The number of unbranched alkanes of at least 4 members (excludes halogenated alkanes) is 8. The Kier molecular flexibility index (Phi) is 11.0. The first-order valence-electron chi connectivity index (χ1n) is 9.16. The lowest BCUT2D eigenvalue weighted by molar-refractivity contribution is -0.136. The normalized spacial score (nSPS) is 10.7. The van der Waals surface area contributed by atoms with Crippen LogP contribution in [0.25, 0.3) is 0 Å². The molecule has 0 bridgehead atoms. The summed E-state index contributed by atoms with van der Waals surface area (Å²) in [4.78, 5) is 10.7. The number of para-hydroxylation sites is 1. The van der Waals surface area contributed by atoms with Crippen LogP contribution in [0.3, 0.4) is 0 Å². The minimum Gasteiger partial charge on any atom is -0.493 e. The van der Waals surface area contributed by atoms with E-state index in [2.05, 4.69) is 6.92 Å². The summed E-state index contributed by atoms with van der Waals surface area (Å²) in [5.41, 5.74) is 0.992. The molecule has 0 spiro atoms. The van der Waals surface area contributed by atoms with Gasteiger partial charge in [-0.25, -0.2) is 0 Å². The fourth-order valence-electron chi connectivity index (χ4n) is 2.69. The van der Waals surface area contributed by atoms with Gasteiger partial charge in [0.15, 0.2) is 0 Å². The quantitative estimate of drug-likeness (QED) is 0.453. The molecule has 130 valence electrons. The Balaban J connectivity index is 2.10. The molecule has 0 saturated heterocycles. The highest BCUT2D eigenvalue weighted by Crippen LogP contribution is 2.20. The minimum atomic E-state index is -0.765. The molecule has 0 aliphatic carbocycles. The summed E-state index contributed by atoms with van der Waals surface area (Å²) in [7, 11) is 0. The van der Waals surface area contributed by atoms with Crippen molar-refractivity contribution in [3.8, 4) is 5.75 Å². The summed E-state index contributed by atoms with van der Waals surface area (Å²) in [5, 5.41) is 8.79. The second kappa shape index (κ2) is 13.0. The molecule has 0 amide bonds. The zero-order valence-corrected chi connectivity index (χ0v) is 14.6. The van der Waals surface area contributed by atoms with Crippen molar-refractivity contribution in [2.24, 2.45) is 0 Å². The van der Waals surface area contributed by atoms with Gasteiger partial charge in [-0.05, 0) is 24.5 Å². The van der Waals surface area contributed by atoms with E-state index in [1.807, 2.05) is 24.3 Å². The van der Waals surface area contributed by atoms with Crippen LogP contribution in [0.1, 0.15) is 76.7 Å². The van der Waals surface area contributed by atoms with E-state index < -0.39 is 5.97 Å². The molecule has 23 heavy (non-hydrogen) atoms. The van der Waals surface area contributed by atoms with Gasteiger partial charge in [0.2, 0.25) is 0 Å². The molecule has 0 atom stereocenters. The molecule has 0 heterocycles. The molecule has 1 aromatic carbocycles. The van der Waals surface area contributed by atoms with E-state index in [0.29, 0.717) is 6.42 Å². The lowest BCUT2D eigenvalue weighted by atomic mass is 10.1. The van der Waals surface area contributed by atoms with Gasteiger partial charge in [-0.2, -0.15) is 0 Å². The molecule has 3 nitrogen and oxygen atoms in total. The van der Waals surface area contributed by atoms with Gasteiger partial charge in [0, 0.05) is 6.42 Å². The first-order valence-corrected chi connectivity index (χ1v) is 9.16. The van der Waals surface area contributed by atoms with Gasteiger partial charge in [0.25, 0.3) is 0 Å². The highest BCUT2D eigenvalue weighted by atomic mass is 16.5. The van der Waals surface area contributed by atoms with Gasteiger partial charge in [-0.3, -0.25) is 4.79 Å². The first-order chi connectivity index (χ1) is 11.2. The fraction of sp³-hybridized carbons (Fsp3) is 0.650. The number of ether oxygens (including phenoxy) is 1. The SMILES string of the molecule is CCCCCCCCCCCOc1ccccc1CCC(=O)O. The van der Waals surface area contributed by atoms with Crippen LogP contribution in [0.5, 0.6) is 5.75 Å². The van der Waals surface area contributed by atoms with Crippen molar-refractivity contribution < 1.29 is 14.6 Å². The third-order valence-corrected chi connectivity index (χ3v) is 4.09. The molecule has 0 fully saturated rings. The summed E-state index contributed by atoms with van der Waals surface area (Å²) in [6.07, 6.45) is 12.4. The number of hydrogen-bond acceptors (Lipinski definition) is 2. The number of carboxylic acids is 1. The van der Waals surface area contributed by atoms with Gasteiger partial charge < -0.3 is 9.84 Å². The maximum atomic E-state index is 10.7. The molecular weight excluding hydrogens is 288 g/mol. The van der Waals surface area contributed by atoms with Gasteiger partial charge in [0.05, 0.1) is 6.61 Å². The molecule has 1 rings (SSSR count). The Hall–Kier alpha value is -1.51. The number of benzene rings is 1. The standard InChI is InChI=1S/C20H32O3/c1-2-3-4-5-6-7-8-9-12-17-23-19-14-11-10-13-18(19)15-16-20(21)22/h10-11,13-14H,2-9,12,15-17H2,1H3,(H,21,22). The summed E-state index contributed by atoms with van der Waals surface area (Å²) in [6, 6.07) is 7.76. The monoisotopic (exact) mass is 320 g/mol. The summed E-state index contributed by atoms with van der Waals surface area (Å²) in [5.74, 6) is 0.0760. The average Bonchev–Trinajstić information content (AvgIpc) is 2.55. The zero-order chi connectivity index (χ0) is 16.8. The lowest BCUT2D eigenvalue weighted by Crippen LogP contribution is -2.02. The Labute approximate surface area is 141 Å². The number of aliphatic carboxylic acids is 1. The van der Waals surface area contributed by atoms with Crippen LogP contribution in [0, 0.1) is 0 Å². The fourth-order valence-corrected chi connectivity index (χ4v) is 2.69. The van der Waals surface area contributed by atoms with Gasteiger partial charge in [-0.1, -0.05) is 76.5 Å². The zero-order valence-electron chi connectivity index (χ0n) is 14.6. The third kappa shape index (κ3) is 9.98. The number of aryl methyl sites for hydroxylation is 1. The lowest BCUT2D eigenvalue weighted by Gasteiger charge is -2.10. The largest absolute Gasteiger partial charge is 0.493 e. The third-order valence-electron chi connectivity index (χ3n) is 4.09. The summed E-state index contributed by atoms with van der Waals surface area (Å²) < 4.78 is 5.84. The predicted octanol–water partition coefficient (Wildman–Crippen LogP) is 5.61. The Morgan fingerprint density at radius 3 is 2.22 bits per heavy atom. The van der Waals surface area contributed by atoms with Crippen LogP contribution in [0.4, 0.5) is 0 Å². The number of hydrogen-bond donors (Lipinski definition) is 1. The Morgan fingerprint density at radius 2 is 1.57 bits per heavy atom. The van der Waals surface area contributed by atoms with Crippen LogP contribution >= 0.6 is 0 Å². The summed E-state index contributed by atoms with van der Waals surface area (Å²) >= 11 is 0. The Morgan fingerprint density at radius 1 is 0.957 bits per heavy atom. The van der Waals surface area contributed by atoms with Crippen molar-refractivity contribution in [3.05, 3.63) is 29.8 Å². The molecule has 1 aromatic rings. The van der Waals surface area contributed by atoms with E-state index in [1.165, 1.54) is 51.4 Å². The second-order valence-corrected chi connectivity index (χ2v) is 6.18. The highest BCUT2D eigenvalue weighted by molar-refractivity contribution is 5.67. The van der Waals surface area contributed by atoms with E-state index in [9.17, 15) is 4.79 Å². The summed E-state index contributed by atoms with van der Waals surface area (Å²) in [6.45, 7) is 2.97. The molecule has 3 heteroatoms. The van der Waals surface area contributed by atoms with Crippen LogP contribution in [-0.2, 0) is 11.2 Å².